The van der Waals surface area contributed by atoms with Crippen molar-refractivity contribution in [3.8, 4) is 0 Å². The Kier molecular flexibility index (Phi) is 9.37. The lowest BCUT2D eigenvalue weighted by molar-refractivity contribution is -0.148. The van der Waals surface area contributed by atoms with Crippen LogP contribution in [0.1, 0.15) is 56.9 Å². The Labute approximate surface area is 230 Å². The van der Waals surface area contributed by atoms with E-state index >= 15 is 0 Å². The standard InChI is InChI=1S/C25H24F3NO2.C5H8O4/c1-24(2,3)15-29-21-12-11-17(25(26,27)28)13-20(21)23(31-14-22(29)30)19-10-6-8-16-7-4-5-9-18(16)19;1-3(6)2-4(7)5(8)9/h4-13,23H,14-15H2,1-3H3;4,7H,2H2,1H3,(H,8,9). The quantitative estimate of drug-likeness (QED) is 0.412. The first-order valence-corrected chi connectivity index (χ1v) is 12.6. The predicted molar refractivity (Wildman–Crippen MR) is 144 cm³/mol. The monoisotopic (exact) mass is 559 g/mol. The van der Waals surface area contributed by atoms with Crippen LogP contribution in [0.5, 0.6) is 0 Å². The van der Waals surface area contributed by atoms with E-state index in [0.717, 1.165) is 28.5 Å². The molecule has 1 heterocycles. The summed E-state index contributed by atoms with van der Waals surface area (Å²) in [6, 6.07) is 16.9. The number of amides is 1. The highest BCUT2D eigenvalue weighted by Gasteiger charge is 2.36. The first-order chi connectivity index (χ1) is 18.6. The summed E-state index contributed by atoms with van der Waals surface area (Å²) < 4.78 is 46.7. The number of nitrogens with zero attached hydrogens (tertiary/aromatic N) is 1. The second kappa shape index (κ2) is 12.2. The number of halogens is 3. The number of hydrogen-bond donors (Lipinski definition) is 2. The van der Waals surface area contributed by atoms with Gasteiger partial charge >= 0.3 is 12.1 Å². The van der Waals surface area contributed by atoms with Crippen LogP contribution in [0.25, 0.3) is 10.8 Å². The van der Waals surface area contributed by atoms with Gasteiger partial charge in [0.05, 0.1) is 5.56 Å². The first-order valence-electron chi connectivity index (χ1n) is 12.6. The van der Waals surface area contributed by atoms with Crippen LogP contribution >= 0.6 is 0 Å². The van der Waals surface area contributed by atoms with Gasteiger partial charge in [0.2, 0.25) is 0 Å². The molecule has 214 valence electrons. The van der Waals surface area contributed by atoms with Crippen LogP contribution in [0.3, 0.4) is 0 Å². The normalized spacial score (nSPS) is 16.4. The molecule has 0 saturated heterocycles. The second-order valence-corrected chi connectivity index (χ2v) is 10.8. The van der Waals surface area contributed by atoms with Gasteiger partial charge in [-0.05, 0) is 46.9 Å². The topological polar surface area (TPSA) is 104 Å². The summed E-state index contributed by atoms with van der Waals surface area (Å²) in [5.74, 6) is -1.95. The molecule has 40 heavy (non-hydrogen) atoms. The van der Waals surface area contributed by atoms with Crippen LogP contribution in [0, 0.1) is 5.41 Å². The molecule has 3 aromatic carbocycles. The van der Waals surface area contributed by atoms with Gasteiger partial charge in [-0.3, -0.25) is 9.59 Å². The summed E-state index contributed by atoms with van der Waals surface area (Å²) >= 11 is 0. The fourth-order valence-corrected chi connectivity index (χ4v) is 4.39. The smallest absolute Gasteiger partial charge is 0.416 e. The van der Waals surface area contributed by atoms with Crippen LogP contribution in [0.4, 0.5) is 18.9 Å². The number of aliphatic hydroxyl groups excluding tert-OH is 1. The summed E-state index contributed by atoms with van der Waals surface area (Å²) in [5, 5.41) is 18.3. The number of aliphatic hydroxyl groups is 1. The lowest BCUT2D eigenvalue weighted by Gasteiger charge is -2.30. The number of ketones is 1. The molecule has 0 aliphatic carbocycles. The number of carboxylic acids is 1. The Morgan fingerprint density at radius 1 is 1.02 bits per heavy atom. The average Bonchev–Trinajstić information content (AvgIpc) is 2.98. The van der Waals surface area contributed by atoms with Gasteiger partial charge in [0.1, 0.15) is 18.5 Å². The molecule has 0 radical (unpaired) electrons. The van der Waals surface area contributed by atoms with Crippen molar-refractivity contribution < 1.29 is 42.5 Å². The van der Waals surface area contributed by atoms with Gasteiger partial charge in [0.25, 0.3) is 5.91 Å². The summed E-state index contributed by atoms with van der Waals surface area (Å²) in [4.78, 5) is 34.5. The Morgan fingerprint density at radius 3 is 2.25 bits per heavy atom. The van der Waals surface area contributed by atoms with E-state index in [-0.39, 0.29) is 30.1 Å². The molecule has 2 unspecified atom stereocenters. The molecule has 3 aromatic rings. The van der Waals surface area contributed by atoms with E-state index in [4.69, 9.17) is 14.9 Å². The van der Waals surface area contributed by atoms with Gasteiger partial charge in [-0.25, -0.2) is 4.79 Å². The fourth-order valence-electron chi connectivity index (χ4n) is 4.39. The van der Waals surface area contributed by atoms with Crippen molar-refractivity contribution in [2.24, 2.45) is 5.41 Å². The van der Waals surface area contributed by atoms with Crippen molar-refractivity contribution >= 4 is 34.1 Å². The maximum absolute atomic E-state index is 13.6. The third-order valence-electron chi connectivity index (χ3n) is 6.11. The Hall–Kier alpha value is -3.76. The molecule has 4 rings (SSSR count). The number of hydrogen-bond acceptors (Lipinski definition) is 5. The highest BCUT2D eigenvalue weighted by Crippen LogP contribution is 2.42. The molecule has 1 aliphatic heterocycles. The third-order valence-corrected chi connectivity index (χ3v) is 6.11. The fraction of sp³-hybridized carbons (Fsp3) is 0.367. The molecule has 2 N–H and O–H groups in total. The Bertz CT molecular complexity index is 1390. The van der Waals surface area contributed by atoms with E-state index in [1.165, 1.54) is 13.0 Å². The van der Waals surface area contributed by atoms with E-state index in [1.54, 1.807) is 4.90 Å². The molecule has 1 amide bonds. The van der Waals surface area contributed by atoms with Gasteiger partial charge in [0.15, 0.2) is 6.10 Å². The Morgan fingerprint density at radius 2 is 1.68 bits per heavy atom. The number of ether oxygens (including phenoxy) is 1. The summed E-state index contributed by atoms with van der Waals surface area (Å²) in [7, 11) is 0. The largest absolute Gasteiger partial charge is 0.479 e. The number of carbonyl (C=O) groups excluding carboxylic acids is 2. The van der Waals surface area contributed by atoms with Crippen LogP contribution < -0.4 is 4.90 Å². The Balaban J connectivity index is 0.000000424. The zero-order chi connectivity index (χ0) is 29.8. The SMILES string of the molecule is CC(=O)CC(O)C(=O)O.CC(C)(C)CN1C(=O)COC(c2cccc3ccccc23)c2cc(C(F)(F)F)ccc21. The van der Waals surface area contributed by atoms with E-state index in [0.29, 0.717) is 17.8 Å². The first kappa shape index (κ1) is 30.8. The molecule has 0 bridgehead atoms. The molecule has 0 fully saturated rings. The van der Waals surface area contributed by atoms with Gasteiger partial charge in [-0.2, -0.15) is 13.2 Å². The zero-order valence-corrected chi connectivity index (χ0v) is 22.7. The van der Waals surface area contributed by atoms with E-state index in [2.05, 4.69) is 0 Å². The molecular weight excluding hydrogens is 527 g/mol. The van der Waals surface area contributed by atoms with Crippen LogP contribution in [-0.2, 0) is 25.3 Å². The average molecular weight is 560 g/mol. The number of Topliss-reactive ketones (excluding diaryl/α,β-unsaturated/α-hetero) is 1. The number of fused-ring (bicyclic) bond motifs is 2. The summed E-state index contributed by atoms with van der Waals surface area (Å²) in [6.45, 7) is 7.34. The summed E-state index contributed by atoms with van der Waals surface area (Å²) in [6.07, 6.45) is -7.14. The van der Waals surface area contributed by atoms with Gasteiger partial charge in [-0.15, -0.1) is 0 Å². The highest BCUT2D eigenvalue weighted by molar-refractivity contribution is 5.96. The van der Waals surface area contributed by atoms with Crippen LogP contribution in [0.2, 0.25) is 0 Å². The van der Waals surface area contributed by atoms with Gasteiger partial charge in [0, 0.05) is 24.2 Å². The van der Waals surface area contributed by atoms with Crippen molar-refractivity contribution in [1.82, 2.24) is 0 Å². The number of aliphatic carboxylic acids is 1. The molecule has 1 aliphatic rings. The second-order valence-electron chi connectivity index (χ2n) is 10.8. The minimum Gasteiger partial charge on any atom is -0.479 e. The molecule has 7 nitrogen and oxygen atoms in total. The molecule has 0 saturated carbocycles. The molecule has 0 spiro atoms. The van der Waals surface area contributed by atoms with Crippen molar-refractivity contribution in [2.45, 2.75) is 52.5 Å². The minimum absolute atomic E-state index is 0.208. The predicted octanol–water partition coefficient (Wildman–Crippen LogP) is 5.77. The zero-order valence-electron chi connectivity index (χ0n) is 22.7. The maximum atomic E-state index is 13.6. The van der Waals surface area contributed by atoms with Crippen molar-refractivity contribution in [2.75, 3.05) is 18.1 Å². The number of rotatable bonds is 5. The molecule has 0 aromatic heterocycles. The van der Waals surface area contributed by atoms with Crippen LogP contribution in [-0.4, -0.2) is 47.1 Å². The third kappa shape index (κ3) is 7.67. The van der Waals surface area contributed by atoms with E-state index in [1.807, 2.05) is 63.2 Å². The van der Waals surface area contributed by atoms with Gasteiger partial charge in [-0.1, -0.05) is 63.2 Å². The molecule has 10 heteroatoms. The molecular formula is C30H32F3NO6. The van der Waals surface area contributed by atoms with Crippen molar-refractivity contribution in [3.63, 3.8) is 0 Å². The number of benzene rings is 3. The summed E-state index contributed by atoms with van der Waals surface area (Å²) in [5.41, 5.74) is 0.549. The number of anilines is 1. The molecule has 2 atom stereocenters. The van der Waals surface area contributed by atoms with Crippen molar-refractivity contribution in [3.05, 3.63) is 77.4 Å². The lowest BCUT2D eigenvalue weighted by atomic mass is 9.92. The lowest BCUT2D eigenvalue weighted by Crippen LogP contribution is -2.39. The number of carbonyl (C=O) groups is 3. The van der Waals surface area contributed by atoms with E-state index < -0.39 is 29.9 Å². The van der Waals surface area contributed by atoms with E-state index in [9.17, 15) is 27.6 Å². The number of alkyl halides is 3. The highest BCUT2D eigenvalue weighted by atomic mass is 19.4. The minimum atomic E-state index is -4.50. The van der Waals surface area contributed by atoms with Gasteiger partial charge < -0.3 is 19.8 Å². The maximum Gasteiger partial charge on any atom is 0.416 e. The van der Waals surface area contributed by atoms with Crippen molar-refractivity contribution in [1.29, 1.82) is 0 Å². The van der Waals surface area contributed by atoms with Crippen LogP contribution in [0.15, 0.2) is 60.7 Å². The number of carboxylic acid groups (broad SMARTS) is 1.